The number of halogens is 1. The van der Waals surface area contributed by atoms with Crippen molar-refractivity contribution < 1.29 is 0 Å². The normalized spacial score (nSPS) is 18.6. The Hall–Kier alpha value is -0.820. The van der Waals surface area contributed by atoms with E-state index in [0.717, 1.165) is 25.0 Å². The highest BCUT2D eigenvalue weighted by atomic mass is 127. The van der Waals surface area contributed by atoms with E-state index in [1.165, 1.54) is 43.6 Å². The van der Waals surface area contributed by atoms with Crippen LogP contribution in [-0.4, -0.2) is 44.1 Å². The molecule has 0 saturated carbocycles. The van der Waals surface area contributed by atoms with Gasteiger partial charge in [-0.15, -0.1) is 24.0 Å². The topological polar surface area (TPSA) is 39.7 Å². The molecule has 23 heavy (non-hydrogen) atoms. The number of benzene rings is 1. The number of guanidine groups is 1. The van der Waals surface area contributed by atoms with Gasteiger partial charge in [-0.3, -0.25) is 4.99 Å². The van der Waals surface area contributed by atoms with Crippen LogP contribution in [0.3, 0.4) is 0 Å². The van der Waals surface area contributed by atoms with Crippen molar-refractivity contribution in [3.63, 3.8) is 0 Å². The molecule has 1 aliphatic heterocycles. The van der Waals surface area contributed by atoms with Crippen LogP contribution in [0.5, 0.6) is 0 Å². The molecule has 1 heterocycles. The monoisotopic (exact) mass is 430 g/mol. The molecule has 1 aliphatic rings. The van der Waals surface area contributed by atoms with Gasteiger partial charge in [-0.05, 0) is 44.3 Å². The second-order valence-electron chi connectivity index (χ2n) is 6.25. The van der Waals surface area contributed by atoms with Crippen LogP contribution in [0.15, 0.2) is 29.3 Å². The lowest BCUT2D eigenvalue weighted by molar-refractivity contribution is 0.324. The Labute approximate surface area is 158 Å². The molecule has 1 fully saturated rings. The third kappa shape index (κ3) is 7.08. The summed E-state index contributed by atoms with van der Waals surface area (Å²) in [5.74, 6) is 1.64. The zero-order valence-corrected chi connectivity index (χ0v) is 17.0. The fourth-order valence-electron chi connectivity index (χ4n) is 3.07. The predicted octanol–water partition coefficient (Wildman–Crippen LogP) is 3.01. The molecule has 1 atom stereocenters. The number of aliphatic imine (C=N–C) groups is 1. The van der Waals surface area contributed by atoms with E-state index < -0.39 is 0 Å². The van der Waals surface area contributed by atoms with Crippen molar-refractivity contribution in [2.24, 2.45) is 10.9 Å². The average molecular weight is 430 g/mol. The van der Waals surface area contributed by atoms with Gasteiger partial charge in [0.2, 0.25) is 0 Å². The third-order valence-electron chi connectivity index (χ3n) is 4.23. The molecule has 0 aliphatic carbocycles. The van der Waals surface area contributed by atoms with Crippen molar-refractivity contribution in [3.8, 4) is 0 Å². The molecule has 0 spiro atoms. The minimum Gasteiger partial charge on any atom is -0.356 e. The van der Waals surface area contributed by atoms with Crippen LogP contribution in [0.4, 0.5) is 0 Å². The summed E-state index contributed by atoms with van der Waals surface area (Å²) in [6.07, 6.45) is 2.54. The van der Waals surface area contributed by atoms with Gasteiger partial charge >= 0.3 is 0 Å². The lowest BCUT2D eigenvalue weighted by Gasteiger charge is -2.17. The van der Waals surface area contributed by atoms with Gasteiger partial charge in [0.15, 0.2) is 5.96 Å². The van der Waals surface area contributed by atoms with Gasteiger partial charge < -0.3 is 15.5 Å². The van der Waals surface area contributed by atoms with Gasteiger partial charge in [0.05, 0.1) is 0 Å². The smallest absolute Gasteiger partial charge is 0.191 e. The van der Waals surface area contributed by atoms with Gasteiger partial charge in [0.25, 0.3) is 0 Å². The molecule has 0 amide bonds. The standard InChI is InChI=1S/C18H30N4.HI/c1-4-9-22-10-8-17(14-22)13-21-18(19-3)20-12-16-7-5-6-15(2)11-16;/h5-7,11,17H,4,8-10,12-14H2,1-3H3,(H2,19,20,21);1H. The predicted molar refractivity (Wildman–Crippen MR) is 110 cm³/mol. The Morgan fingerprint density at radius 3 is 2.87 bits per heavy atom. The first-order valence-electron chi connectivity index (χ1n) is 8.43. The molecule has 0 aromatic heterocycles. The fraction of sp³-hybridized carbons (Fsp3) is 0.611. The maximum Gasteiger partial charge on any atom is 0.191 e. The summed E-state index contributed by atoms with van der Waals surface area (Å²) in [7, 11) is 1.84. The van der Waals surface area contributed by atoms with Crippen molar-refractivity contribution in [3.05, 3.63) is 35.4 Å². The molecule has 4 nitrogen and oxygen atoms in total. The first-order chi connectivity index (χ1) is 10.7. The molecule has 2 rings (SSSR count). The maximum atomic E-state index is 4.32. The fourth-order valence-corrected chi connectivity index (χ4v) is 3.07. The Morgan fingerprint density at radius 1 is 1.35 bits per heavy atom. The number of nitrogens with one attached hydrogen (secondary N) is 2. The molecular weight excluding hydrogens is 399 g/mol. The zero-order chi connectivity index (χ0) is 15.8. The van der Waals surface area contributed by atoms with Gasteiger partial charge in [0, 0.05) is 26.7 Å². The van der Waals surface area contributed by atoms with Gasteiger partial charge in [0.1, 0.15) is 0 Å². The highest BCUT2D eigenvalue weighted by Crippen LogP contribution is 2.15. The molecule has 1 aromatic rings. The second kappa shape index (κ2) is 10.9. The van der Waals surface area contributed by atoms with Crippen molar-refractivity contribution in [2.75, 3.05) is 33.2 Å². The van der Waals surface area contributed by atoms with Crippen LogP contribution in [-0.2, 0) is 6.54 Å². The second-order valence-corrected chi connectivity index (χ2v) is 6.25. The quantitative estimate of drug-likeness (QED) is 0.414. The molecule has 1 aromatic carbocycles. The lowest BCUT2D eigenvalue weighted by atomic mass is 10.1. The number of hydrogen-bond donors (Lipinski definition) is 2. The van der Waals surface area contributed by atoms with E-state index in [9.17, 15) is 0 Å². The Bertz CT molecular complexity index is 490. The van der Waals surface area contributed by atoms with Crippen LogP contribution >= 0.6 is 24.0 Å². The number of hydrogen-bond acceptors (Lipinski definition) is 2. The first-order valence-corrected chi connectivity index (χ1v) is 8.43. The first kappa shape index (κ1) is 20.2. The van der Waals surface area contributed by atoms with Crippen molar-refractivity contribution in [1.29, 1.82) is 0 Å². The van der Waals surface area contributed by atoms with Crippen LogP contribution in [0.25, 0.3) is 0 Å². The molecule has 2 N–H and O–H groups in total. The van der Waals surface area contributed by atoms with Gasteiger partial charge in [-0.25, -0.2) is 0 Å². The third-order valence-corrected chi connectivity index (χ3v) is 4.23. The zero-order valence-electron chi connectivity index (χ0n) is 14.6. The summed E-state index contributed by atoms with van der Waals surface area (Å²) in [6, 6.07) is 8.58. The van der Waals surface area contributed by atoms with Crippen LogP contribution in [0, 0.1) is 12.8 Å². The Morgan fingerprint density at radius 2 is 2.17 bits per heavy atom. The van der Waals surface area contributed by atoms with Gasteiger partial charge in [-0.1, -0.05) is 36.8 Å². The highest BCUT2D eigenvalue weighted by Gasteiger charge is 2.21. The molecule has 130 valence electrons. The van der Waals surface area contributed by atoms with E-state index in [0.29, 0.717) is 0 Å². The van der Waals surface area contributed by atoms with E-state index in [2.05, 4.69) is 58.6 Å². The Balaban J connectivity index is 0.00000264. The average Bonchev–Trinajstić information content (AvgIpc) is 2.95. The molecule has 0 radical (unpaired) electrons. The summed E-state index contributed by atoms with van der Waals surface area (Å²) >= 11 is 0. The molecule has 1 saturated heterocycles. The molecular formula is C18H31IN4. The summed E-state index contributed by atoms with van der Waals surface area (Å²) < 4.78 is 0. The minimum atomic E-state index is 0. The van der Waals surface area contributed by atoms with Crippen LogP contribution in [0.1, 0.15) is 30.9 Å². The SMILES string of the molecule is CCCN1CCC(CNC(=NC)NCc2cccc(C)c2)C1.I. The molecule has 0 bridgehead atoms. The maximum absolute atomic E-state index is 4.32. The van der Waals surface area contributed by atoms with Crippen molar-refractivity contribution in [2.45, 2.75) is 33.2 Å². The number of likely N-dealkylation sites (tertiary alicyclic amines) is 1. The lowest BCUT2D eigenvalue weighted by Crippen LogP contribution is -2.40. The van der Waals surface area contributed by atoms with E-state index >= 15 is 0 Å². The number of aryl methyl sites for hydroxylation is 1. The highest BCUT2D eigenvalue weighted by molar-refractivity contribution is 14.0. The van der Waals surface area contributed by atoms with Gasteiger partial charge in [-0.2, -0.15) is 0 Å². The van der Waals surface area contributed by atoms with E-state index in [-0.39, 0.29) is 24.0 Å². The van der Waals surface area contributed by atoms with Crippen molar-refractivity contribution >= 4 is 29.9 Å². The minimum absolute atomic E-state index is 0. The largest absolute Gasteiger partial charge is 0.356 e. The van der Waals surface area contributed by atoms with Crippen LogP contribution in [0.2, 0.25) is 0 Å². The van der Waals surface area contributed by atoms with E-state index in [1.807, 2.05) is 7.05 Å². The summed E-state index contributed by atoms with van der Waals surface area (Å²) in [6.45, 7) is 9.89. The summed E-state index contributed by atoms with van der Waals surface area (Å²) in [5, 5.41) is 6.87. The summed E-state index contributed by atoms with van der Waals surface area (Å²) in [5.41, 5.74) is 2.59. The number of nitrogens with zero attached hydrogens (tertiary/aromatic N) is 2. The molecule has 5 heteroatoms. The summed E-state index contributed by atoms with van der Waals surface area (Å²) in [4.78, 5) is 6.89. The van der Waals surface area contributed by atoms with E-state index in [4.69, 9.17) is 0 Å². The number of rotatable bonds is 6. The van der Waals surface area contributed by atoms with E-state index in [1.54, 1.807) is 0 Å². The molecule has 1 unspecified atom stereocenters. The van der Waals surface area contributed by atoms with Crippen molar-refractivity contribution in [1.82, 2.24) is 15.5 Å². The van der Waals surface area contributed by atoms with Crippen LogP contribution < -0.4 is 10.6 Å². The Kier molecular flexibility index (Phi) is 9.55.